The molecule has 9 heterocycles. The molecule has 45 heavy (non-hydrogen) atoms. The van der Waals surface area contributed by atoms with Gasteiger partial charge in [0.15, 0.2) is 0 Å². The van der Waals surface area contributed by atoms with Crippen molar-refractivity contribution in [1.29, 1.82) is 0 Å². The standard InChI is InChI=1S/C39H64N6/c1-3-17-43-24-39-21-26(31(43)11-1)20-25-8-7-19-45(36(25)39)37-28(14-15-34(39)42-37)30-10-5-13-33(41-30)38-22-29(27-9-6-16-40-35(27)38)32-12-2-4-18-44(32)23-38/h25-37,40-42H,1-24H2/t25-,26+,27-,28?,29-,30+,31+,32+,33+,34-,35+,36+,37-,38?,39+/m0/s1. The van der Waals surface area contributed by atoms with Crippen molar-refractivity contribution in [1.82, 2.24) is 30.7 Å². The normalized spacial score (nSPS) is 57.7. The minimum Gasteiger partial charge on any atom is -0.313 e. The summed E-state index contributed by atoms with van der Waals surface area (Å²) < 4.78 is 0. The Morgan fingerprint density at radius 1 is 0.556 bits per heavy atom. The fraction of sp³-hybridized carbons (Fsp3) is 1.00. The highest BCUT2D eigenvalue weighted by Crippen LogP contribution is 2.61. The maximum absolute atomic E-state index is 4.63. The fourth-order valence-electron chi connectivity index (χ4n) is 16.3. The second-order valence-electron chi connectivity index (χ2n) is 19.1. The van der Waals surface area contributed by atoms with Crippen LogP contribution < -0.4 is 16.0 Å². The molecule has 11 fully saturated rings. The molecule has 2 unspecified atom stereocenters. The number of rotatable bonds is 2. The summed E-state index contributed by atoms with van der Waals surface area (Å²) in [6.07, 6.45) is 27.2. The predicted octanol–water partition coefficient (Wildman–Crippen LogP) is 4.79. The molecule has 11 rings (SSSR count). The fourth-order valence-corrected chi connectivity index (χ4v) is 16.3. The lowest BCUT2D eigenvalue weighted by Crippen LogP contribution is -2.82. The van der Waals surface area contributed by atoms with Gasteiger partial charge < -0.3 is 10.6 Å². The molecule has 6 heteroatoms. The molecule has 15 atom stereocenters. The van der Waals surface area contributed by atoms with Gasteiger partial charge in [-0.1, -0.05) is 19.3 Å². The molecular formula is C39H64N6. The van der Waals surface area contributed by atoms with E-state index in [0.717, 1.165) is 59.8 Å². The van der Waals surface area contributed by atoms with E-state index in [1.54, 1.807) is 12.8 Å². The summed E-state index contributed by atoms with van der Waals surface area (Å²) in [5.74, 6) is 4.65. The summed E-state index contributed by atoms with van der Waals surface area (Å²) in [5, 5.41) is 13.4. The van der Waals surface area contributed by atoms with Crippen LogP contribution in [0.5, 0.6) is 0 Å². The lowest BCUT2D eigenvalue weighted by atomic mass is 9.50. The van der Waals surface area contributed by atoms with E-state index in [2.05, 4.69) is 30.7 Å². The van der Waals surface area contributed by atoms with Crippen molar-refractivity contribution in [3.05, 3.63) is 0 Å². The van der Waals surface area contributed by atoms with Gasteiger partial charge in [-0.3, -0.25) is 20.0 Å². The maximum Gasteiger partial charge on any atom is 0.0646 e. The van der Waals surface area contributed by atoms with Gasteiger partial charge >= 0.3 is 0 Å². The van der Waals surface area contributed by atoms with Crippen LogP contribution in [0.1, 0.15) is 116 Å². The molecule has 0 amide bonds. The lowest BCUT2D eigenvalue weighted by molar-refractivity contribution is -0.210. The Bertz CT molecular complexity index is 1150. The van der Waals surface area contributed by atoms with E-state index in [1.807, 2.05) is 0 Å². The van der Waals surface area contributed by atoms with Crippen LogP contribution in [0.2, 0.25) is 0 Å². The zero-order valence-electron chi connectivity index (χ0n) is 28.3. The Morgan fingerprint density at radius 2 is 1.40 bits per heavy atom. The molecule has 0 aromatic carbocycles. The van der Waals surface area contributed by atoms with Crippen molar-refractivity contribution in [2.75, 3.05) is 39.3 Å². The highest BCUT2D eigenvalue weighted by molar-refractivity contribution is 5.21. The van der Waals surface area contributed by atoms with E-state index in [-0.39, 0.29) is 0 Å². The van der Waals surface area contributed by atoms with E-state index >= 15 is 0 Å². The minimum absolute atomic E-state index is 0.463. The third-order valence-corrected chi connectivity index (χ3v) is 17.5. The van der Waals surface area contributed by atoms with Crippen LogP contribution in [0.25, 0.3) is 0 Å². The molecule has 2 aliphatic carbocycles. The van der Waals surface area contributed by atoms with Crippen molar-refractivity contribution >= 4 is 0 Å². The molecule has 0 radical (unpaired) electrons. The molecule has 9 aliphatic heterocycles. The monoisotopic (exact) mass is 617 g/mol. The molecule has 3 N–H and O–H groups in total. The average Bonchev–Trinajstić information content (AvgIpc) is 3.37. The predicted molar refractivity (Wildman–Crippen MR) is 180 cm³/mol. The van der Waals surface area contributed by atoms with Gasteiger partial charge in [0.1, 0.15) is 0 Å². The summed E-state index contributed by atoms with van der Waals surface area (Å²) in [6.45, 7) is 8.21. The highest BCUT2D eigenvalue weighted by Gasteiger charge is 2.67. The third kappa shape index (κ3) is 4.02. The van der Waals surface area contributed by atoms with Crippen molar-refractivity contribution in [2.24, 2.45) is 40.4 Å². The number of hydrogen-bond acceptors (Lipinski definition) is 6. The van der Waals surface area contributed by atoms with Crippen LogP contribution in [-0.4, -0.2) is 102 Å². The van der Waals surface area contributed by atoms with Gasteiger partial charge in [0.2, 0.25) is 0 Å². The first kappa shape index (κ1) is 28.6. The lowest BCUT2D eigenvalue weighted by Gasteiger charge is -2.72. The second-order valence-corrected chi connectivity index (χ2v) is 19.1. The summed E-state index contributed by atoms with van der Waals surface area (Å²) in [5.41, 5.74) is 0.990. The first-order valence-electron chi connectivity index (χ1n) is 20.7. The first-order chi connectivity index (χ1) is 22.2. The number of nitrogens with zero attached hydrogens (tertiary/aromatic N) is 3. The molecule has 9 saturated heterocycles. The molecule has 6 nitrogen and oxygen atoms in total. The number of nitrogens with one attached hydrogen (secondary N) is 3. The van der Waals surface area contributed by atoms with Crippen LogP contribution >= 0.6 is 0 Å². The topological polar surface area (TPSA) is 45.8 Å². The molecule has 0 aromatic rings. The van der Waals surface area contributed by atoms with E-state index in [0.29, 0.717) is 29.1 Å². The summed E-state index contributed by atoms with van der Waals surface area (Å²) in [6, 6.07) is 5.64. The minimum atomic E-state index is 0.463. The Labute approximate surface area is 273 Å². The van der Waals surface area contributed by atoms with Crippen molar-refractivity contribution < 1.29 is 0 Å². The smallest absolute Gasteiger partial charge is 0.0646 e. The van der Waals surface area contributed by atoms with Crippen LogP contribution in [0, 0.1) is 40.4 Å². The SMILES string of the molecule is C1CN[C@@H]2[C@@H](C1)[C@@H]1CC2([C@H]2CCC[C@H](C3CC[C@@H]4N[C@H]3N3CCC[C@H]5C[C@@H]6C[C@]4(CN4CCCC[C@H]64)[C@@H]53)N2)CN2CCCC[C@H]12. The molecule has 6 bridgehead atoms. The molecule has 2 saturated carbocycles. The van der Waals surface area contributed by atoms with Crippen molar-refractivity contribution in [2.45, 2.75) is 164 Å². The zero-order chi connectivity index (χ0) is 29.3. The number of fused-ring (bicyclic) bond motifs is 13. The van der Waals surface area contributed by atoms with Gasteiger partial charge in [-0.2, -0.15) is 0 Å². The maximum atomic E-state index is 4.63. The van der Waals surface area contributed by atoms with E-state index < -0.39 is 0 Å². The van der Waals surface area contributed by atoms with E-state index in [1.165, 1.54) is 142 Å². The van der Waals surface area contributed by atoms with Gasteiger partial charge in [0.05, 0.1) is 6.17 Å². The number of hydrogen-bond donors (Lipinski definition) is 3. The Hall–Kier alpha value is -0.240. The molecule has 250 valence electrons. The summed E-state index contributed by atoms with van der Waals surface area (Å²) in [7, 11) is 0. The summed E-state index contributed by atoms with van der Waals surface area (Å²) >= 11 is 0. The Kier molecular flexibility index (Phi) is 6.75. The van der Waals surface area contributed by atoms with E-state index in [4.69, 9.17) is 0 Å². The van der Waals surface area contributed by atoms with Gasteiger partial charge in [-0.25, -0.2) is 0 Å². The molecule has 1 spiro atoms. The zero-order valence-corrected chi connectivity index (χ0v) is 28.3. The van der Waals surface area contributed by atoms with Crippen LogP contribution in [0.3, 0.4) is 0 Å². The summed E-state index contributed by atoms with van der Waals surface area (Å²) in [4.78, 5) is 9.25. The Balaban J connectivity index is 0.880. The second kappa shape index (κ2) is 10.6. The van der Waals surface area contributed by atoms with Crippen LogP contribution in [0.4, 0.5) is 0 Å². The highest BCUT2D eigenvalue weighted by atomic mass is 15.4. The van der Waals surface area contributed by atoms with Gasteiger partial charge in [0, 0.05) is 72.1 Å². The van der Waals surface area contributed by atoms with E-state index in [9.17, 15) is 0 Å². The number of piperidine rings is 8. The first-order valence-corrected chi connectivity index (χ1v) is 20.7. The largest absolute Gasteiger partial charge is 0.313 e. The quantitative estimate of drug-likeness (QED) is 0.415. The van der Waals surface area contributed by atoms with Gasteiger partial charge in [0.25, 0.3) is 0 Å². The van der Waals surface area contributed by atoms with Gasteiger partial charge in [-0.15, -0.1) is 0 Å². The Morgan fingerprint density at radius 3 is 2.33 bits per heavy atom. The molecule has 11 aliphatic rings. The average molecular weight is 617 g/mol. The van der Waals surface area contributed by atoms with Crippen LogP contribution in [-0.2, 0) is 0 Å². The third-order valence-electron chi connectivity index (χ3n) is 17.5. The van der Waals surface area contributed by atoms with Crippen molar-refractivity contribution in [3.8, 4) is 0 Å². The molecular weight excluding hydrogens is 552 g/mol. The van der Waals surface area contributed by atoms with Crippen molar-refractivity contribution in [3.63, 3.8) is 0 Å². The van der Waals surface area contributed by atoms with Crippen LogP contribution in [0.15, 0.2) is 0 Å². The molecule has 0 aromatic heterocycles. The van der Waals surface area contributed by atoms with Gasteiger partial charge in [-0.05, 0) is 146 Å².